The van der Waals surface area contributed by atoms with E-state index in [0.29, 0.717) is 4.88 Å². The van der Waals surface area contributed by atoms with E-state index in [-0.39, 0.29) is 10.9 Å². The average Bonchev–Trinajstić information content (AvgIpc) is 3.27. The van der Waals surface area contributed by atoms with E-state index >= 15 is 0 Å². The van der Waals surface area contributed by atoms with Gasteiger partial charge in [-0.05, 0) is 56.5 Å². The molecule has 1 aliphatic rings. The largest absolute Gasteiger partial charge is 0.438 e. The fourth-order valence-corrected chi connectivity index (χ4v) is 4.68. The van der Waals surface area contributed by atoms with Crippen LogP contribution in [0, 0.1) is 0 Å². The van der Waals surface area contributed by atoms with Gasteiger partial charge in [0.05, 0.1) is 4.88 Å². The number of rotatable bonds is 4. The van der Waals surface area contributed by atoms with Crippen LogP contribution in [0.25, 0.3) is 0 Å². The lowest BCUT2D eigenvalue weighted by molar-refractivity contribution is 0.0829. The van der Waals surface area contributed by atoms with Crippen molar-refractivity contribution in [2.24, 2.45) is 0 Å². The zero-order chi connectivity index (χ0) is 19.4. The molecule has 0 aliphatic heterocycles. The molecule has 0 atom stereocenters. The first-order valence-electron chi connectivity index (χ1n) is 8.66. The van der Waals surface area contributed by atoms with Crippen LogP contribution in [0.4, 0.5) is 0 Å². The molecule has 2 heterocycles. The van der Waals surface area contributed by atoms with Crippen LogP contribution in [0.1, 0.15) is 56.4 Å². The quantitative estimate of drug-likeness (QED) is 0.665. The molecule has 0 radical (unpaired) electrons. The summed E-state index contributed by atoms with van der Waals surface area (Å²) in [5.74, 6) is -1.37. The van der Waals surface area contributed by atoms with Crippen molar-refractivity contribution in [3.63, 3.8) is 0 Å². The minimum atomic E-state index is -3.78. The van der Waals surface area contributed by atoms with Gasteiger partial charge < -0.3 is 4.42 Å². The van der Waals surface area contributed by atoms with Gasteiger partial charge in [0, 0.05) is 4.88 Å². The molecule has 8 nitrogen and oxygen atoms in total. The Labute approximate surface area is 161 Å². The molecule has 27 heavy (non-hydrogen) atoms. The second-order valence-electron chi connectivity index (χ2n) is 6.21. The van der Waals surface area contributed by atoms with Crippen molar-refractivity contribution in [2.75, 3.05) is 7.05 Å². The Kier molecular flexibility index (Phi) is 5.98. The van der Waals surface area contributed by atoms with E-state index in [4.69, 9.17) is 4.42 Å². The zero-order valence-electron chi connectivity index (χ0n) is 14.8. The smallest absolute Gasteiger partial charge is 0.305 e. The number of hydrogen-bond acceptors (Lipinski definition) is 6. The van der Waals surface area contributed by atoms with Crippen molar-refractivity contribution in [1.29, 1.82) is 0 Å². The van der Waals surface area contributed by atoms with Gasteiger partial charge in [-0.3, -0.25) is 20.4 Å². The first-order chi connectivity index (χ1) is 12.9. The molecular formula is C17H21N3O5S2. The number of carbonyl (C=O) groups is 2. The molecule has 0 bridgehead atoms. The van der Waals surface area contributed by atoms with Gasteiger partial charge in [-0.1, -0.05) is 12.8 Å². The number of amides is 2. The van der Waals surface area contributed by atoms with Crippen molar-refractivity contribution in [2.45, 2.75) is 43.6 Å². The van der Waals surface area contributed by atoms with Gasteiger partial charge in [0.1, 0.15) is 0 Å². The van der Waals surface area contributed by atoms with E-state index in [1.807, 2.05) is 6.07 Å². The van der Waals surface area contributed by atoms with Crippen molar-refractivity contribution in [3.05, 3.63) is 39.3 Å². The summed E-state index contributed by atoms with van der Waals surface area (Å²) in [7, 11) is -2.54. The monoisotopic (exact) mass is 411 g/mol. The predicted octanol–water partition coefficient (Wildman–Crippen LogP) is 1.98. The van der Waals surface area contributed by atoms with Gasteiger partial charge in [-0.2, -0.15) is 0 Å². The van der Waals surface area contributed by atoms with Gasteiger partial charge in [0.25, 0.3) is 15.9 Å². The van der Waals surface area contributed by atoms with Crippen molar-refractivity contribution in [1.82, 2.24) is 15.6 Å². The van der Waals surface area contributed by atoms with Crippen molar-refractivity contribution < 1.29 is 22.4 Å². The molecule has 3 rings (SSSR count). The van der Waals surface area contributed by atoms with Gasteiger partial charge in [-0.15, -0.1) is 11.3 Å². The van der Waals surface area contributed by atoms with E-state index in [9.17, 15) is 18.0 Å². The highest BCUT2D eigenvalue weighted by atomic mass is 32.2. The zero-order valence-corrected chi connectivity index (χ0v) is 16.5. The Bertz CT molecular complexity index is 920. The molecule has 1 aliphatic carbocycles. The molecule has 0 aromatic carbocycles. The van der Waals surface area contributed by atoms with E-state index in [2.05, 4.69) is 15.6 Å². The molecule has 0 unspecified atom stereocenters. The lowest BCUT2D eigenvalue weighted by Gasteiger charge is -2.07. The topological polar surface area (TPSA) is 118 Å². The van der Waals surface area contributed by atoms with Crippen LogP contribution in [0.15, 0.2) is 27.7 Å². The normalized spacial score (nSPS) is 14.7. The second kappa shape index (κ2) is 8.24. The minimum absolute atomic E-state index is 0.220. The summed E-state index contributed by atoms with van der Waals surface area (Å²) in [6, 6.07) is 4.28. The molecule has 0 fully saturated rings. The maximum absolute atomic E-state index is 12.3. The van der Waals surface area contributed by atoms with Gasteiger partial charge in [-0.25, -0.2) is 13.1 Å². The number of thiophene rings is 1. The Hall–Kier alpha value is -2.17. The number of carbonyl (C=O) groups excluding carboxylic acids is 2. The summed E-state index contributed by atoms with van der Waals surface area (Å²) >= 11 is 1.45. The highest BCUT2D eigenvalue weighted by Crippen LogP contribution is 2.28. The molecule has 0 saturated carbocycles. The lowest BCUT2D eigenvalue weighted by Crippen LogP contribution is -2.41. The van der Waals surface area contributed by atoms with E-state index in [0.717, 1.165) is 25.7 Å². The second-order valence-corrected chi connectivity index (χ2v) is 9.16. The fraction of sp³-hybridized carbons (Fsp3) is 0.412. The number of fused-ring (bicyclic) bond motifs is 1. The van der Waals surface area contributed by atoms with Crippen LogP contribution < -0.4 is 15.6 Å². The molecule has 3 N–H and O–H groups in total. The number of nitrogens with one attached hydrogen (secondary N) is 3. The molecule has 10 heteroatoms. The Morgan fingerprint density at radius 3 is 2.48 bits per heavy atom. The van der Waals surface area contributed by atoms with Crippen molar-refractivity contribution >= 4 is 33.2 Å². The standard InChI is InChI=1S/C17H21N3O5S2/c1-18-27(23,24)15-9-8-12(25-15)16(21)19-20-17(22)14-10-11-6-4-2-3-5-7-13(11)26-14/h8-10,18H,2-7H2,1H3,(H,19,21)(H,20,22). The third kappa shape index (κ3) is 4.57. The Balaban J connectivity index is 1.62. The number of hydrogen-bond donors (Lipinski definition) is 3. The molecule has 2 amide bonds. The number of sulfonamides is 1. The maximum atomic E-state index is 12.3. The molecule has 146 valence electrons. The summed E-state index contributed by atoms with van der Waals surface area (Å²) in [6.07, 6.45) is 6.62. The van der Waals surface area contributed by atoms with Crippen LogP contribution in [0.3, 0.4) is 0 Å². The summed E-state index contributed by atoms with van der Waals surface area (Å²) in [6.45, 7) is 0. The van der Waals surface area contributed by atoms with Crippen LogP contribution in [-0.4, -0.2) is 27.3 Å². The molecule has 2 aromatic heterocycles. The van der Waals surface area contributed by atoms with Gasteiger partial charge in [0.15, 0.2) is 5.76 Å². The Morgan fingerprint density at radius 1 is 1.04 bits per heavy atom. The van der Waals surface area contributed by atoms with Crippen LogP contribution >= 0.6 is 11.3 Å². The summed E-state index contributed by atoms with van der Waals surface area (Å²) in [4.78, 5) is 26.2. The molecule has 0 spiro atoms. The van der Waals surface area contributed by atoms with Crippen molar-refractivity contribution in [3.8, 4) is 0 Å². The van der Waals surface area contributed by atoms with E-state index in [1.165, 1.54) is 53.8 Å². The van der Waals surface area contributed by atoms with Gasteiger partial charge in [0.2, 0.25) is 5.09 Å². The third-order valence-electron chi connectivity index (χ3n) is 4.35. The Morgan fingerprint density at radius 2 is 1.74 bits per heavy atom. The van der Waals surface area contributed by atoms with Crippen LogP contribution in [0.2, 0.25) is 0 Å². The number of furan rings is 1. The number of hydrazine groups is 1. The van der Waals surface area contributed by atoms with E-state index in [1.54, 1.807) is 0 Å². The van der Waals surface area contributed by atoms with Crippen LogP contribution in [-0.2, 0) is 22.9 Å². The average molecular weight is 412 g/mol. The SMILES string of the molecule is CNS(=O)(=O)c1ccc(C(=O)NNC(=O)c2cc3c(s2)CCCCCC3)o1. The maximum Gasteiger partial charge on any atom is 0.305 e. The summed E-state index contributed by atoms with van der Waals surface area (Å²) in [5.41, 5.74) is 5.80. The molecular weight excluding hydrogens is 390 g/mol. The van der Waals surface area contributed by atoms with Crippen LogP contribution in [0.5, 0.6) is 0 Å². The number of aryl methyl sites for hydroxylation is 2. The third-order valence-corrected chi connectivity index (χ3v) is 6.87. The fourth-order valence-electron chi connectivity index (χ4n) is 2.88. The first kappa shape index (κ1) is 19.6. The molecule has 2 aromatic rings. The first-order valence-corrected chi connectivity index (χ1v) is 11.0. The summed E-state index contributed by atoms with van der Waals surface area (Å²) in [5, 5.41) is -0.375. The van der Waals surface area contributed by atoms with Gasteiger partial charge >= 0.3 is 5.91 Å². The van der Waals surface area contributed by atoms with E-state index < -0.39 is 21.8 Å². The predicted molar refractivity (Wildman–Crippen MR) is 100 cm³/mol. The highest BCUT2D eigenvalue weighted by molar-refractivity contribution is 7.89. The highest BCUT2D eigenvalue weighted by Gasteiger charge is 2.21. The minimum Gasteiger partial charge on any atom is -0.438 e. The summed E-state index contributed by atoms with van der Waals surface area (Å²) < 4.78 is 30.4. The molecule has 0 saturated heterocycles. The lowest BCUT2D eigenvalue weighted by atomic mass is 10.00.